The second-order valence-electron chi connectivity index (χ2n) is 11.1. The predicted molar refractivity (Wildman–Crippen MR) is 131 cm³/mol. The third-order valence-corrected chi connectivity index (χ3v) is 8.56. The van der Waals surface area contributed by atoms with Gasteiger partial charge in [0.15, 0.2) is 0 Å². The number of halogens is 1. The van der Waals surface area contributed by atoms with Gasteiger partial charge in [0.1, 0.15) is 17.5 Å². The molecule has 1 saturated heterocycles. The van der Waals surface area contributed by atoms with Crippen molar-refractivity contribution in [2.24, 2.45) is 17.8 Å². The van der Waals surface area contributed by atoms with E-state index in [9.17, 15) is 22.4 Å². The summed E-state index contributed by atoms with van der Waals surface area (Å²) in [7, 11) is -2.25. The van der Waals surface area contributed by atoms with Crippen LogP contribution in [0.15, 0.2) is 29.2 Å². The van der Waals surface area contributed by atoms with Gasteiger partial charge in [0.25, 0.3) is 0 Å². The van der Waals surface area contributed by atoms with Crippen LogP contribution in [-0.4, -0.2) is 67.4 Å². The quantitative estimate of drug-likeness (QED) is 0.603. The van der Waals surface area contributed by atoms with Crippen molar-refractivity contribution >= 4 is 22.0 Å². The summed E-state index contributed by atoms with van der Waals surface area (Å²) >= 11 is 0. The molecule has 1 heterocycles. The SMILES string of the molecule is CC(C)CC(C(=O)N[C@@H]1CC[C@H]2CN(S(=O)(=O)c3cccc(F)c3)C[C@H]21)N(C)C(=O)OC(C)(C)C. The highest BCUT2D eigenvalue weighted by Gasteiger charge is 2.47. The average molecular weight is 512 g/mol. The summed E-state index contributed by atoms with van der Waals surface area (Å²) in [6, 6.07) is 4.14. The van der Waals surface area contributed by atoms with Crippen molar-refractivity contribution < 1.29 is 27.1 Å². The maximum Gasteiger partial charge on any atom is 0.410 e. The number of rotatable bonds is 7. The number of hydrogen-bond donors (Lipinski definition) is 1. The van der Waals surface area contributed by atoms with Crippen LogP contribution in [0.2, 0.25) is 0 Å². The number of amides is 2. The second-order valence-corrected chi connectivity index (χ2v) is 13.1. The molecule has 0 bridgehead atoms. The molecule has 1 aromatic rings. The minimum Gasteiger partial charge on any atom is -0.444 e. The van der Waals surface area contributed by atoms with Crippen LogP contribution in [0.4, 0.5) is 9.18 Å². The Morgan fingerprint density at radius 3 is 2.51 bits per heavy atom. The zero-order chi connectivity index (χ0) is 26.1. The van der Waals surface area contributed by atoms with Gasteiger partial charge in [-0.2, -0.15) is 4.31 Å². The first kappa shape index (κ1) is 27.4. The van der Waals surface area contributed by atoms with Crippen LogP contribution < -0.4 is 5.32 Å². The summed E-state index contributed by atoms with van der Waals surface area (Å²) in [5.41, 5.74) is -0.677. The summed E-state index contributed by atoms with van der Waals surface area (Å²) in [5, 5.41) is 3.11. The van der Waals surface area contributed by atoms with Crippen LogP contribution in [0.25, 0.3) is 0 Å². The summed E-state index contributed by atoms with van der Waals surface area (Å²) in [4.78, 5) is 27.3. The number of nitrogens with zero attached hydrogens (tertiary/aromatic N) is 2. The van der Waals surface area contributed by atoms with E-state index in [0.717, 1.165) is 18.9 Å². The second kappa shape index (κ2) is 10.4. The van der Waals surface area contributed by atoms with E-state index in [1.807, 2.05) is 13.8 Å². The fourth-order valence-electron chi connectivity index (χ4n) is 5.00. The molecular weight excluding hydrogens is 473 g/mol. The average Bonchev–Trinajstić information content (AvgIpc) is 3.32. The van der Waals surface area contributed by atoms with E-state index in [2.05, 4.69) is 5.32 Å². The first-order valence-electron chi connectivity index (χ1n) is 12.2. The summed E-state index contributed by atoms with van der Waals surface area (Å²) in [5.74, 6) is -0.597. The Bertz CT molecular complexity index is 1040. The molecule has 3 rings (SSSR count). The van der Waals surface area contributed by atoms with Crippen LogP contribution >= 0.6 is 0 Å². The van der Waals surface area contributed by atoms with Crippen molar-refractivity contribution in [2.45, 2.75) is 76.5 Å². The molecule has 196 valence electrons. The number of fused-ring (bicyclic) bond motifs is 1. The highest BCUT2D eigenvalue weighted by atomic mass is 32.2. The maximum absolute atomic E-state index is 13.6. The van der Waals surface area contributed by atoms with Gasteiger partial charge in [-0.05, 0) is 76.0 Å². The molecule has 1 saturated carbocycles. The largest absolute Gasteiger partial charge is 0.444 e. The van der Waals surface area contributed by atoms with E-state index >= 15 is 0 Å². The first-order valence-corrected chi connectivity index (χ1v) is 13.6. The van der Waals surface area contributed by atoms with E-state index in [-0.39, 0.29) is 41.1 Å². The van der Waals surface area contributed by atoms with Gasteiger partial charge < -0.3 is 10.1 Å². The smallest absolute Gasteiger partial charge is 0.410 e. The lowest BCUT2D eigenvalue weighted by molar-refractivity contribution is -0.127. The molecule has 4 atom stereocenters. The lowest BCUT2D eigenvalue weighted by Gasteiger charge is -2.32. The van der Waals surface area contributed by atoms with Crippen molar-refractivity contribution in [3.05, 3.63) is 30.1 Å². The van der Waals surface area contributed by atoms with Gasteiger partial charge in [-0.15, -0.1) is 0 Å². The predicted octanol–water partition coefficient (Wildman–Crippen LogP) is 3.62. The Kier molecular flexibility index (Phi) is 8.16. The topological polar surface area (TPSA) is 96.0 Å². The van der Waals surface area contributed by atoms with Crippen LogP contribution in [0.5, 0.6) is 0 Å². The van der Waals surface area contributed by atoms with Gasteiger partial charge in [0.2, 0.25) is 15.9 Å². The van der Waals surface area contributed by atoms with Gasteiger partial charge in [-0.1, -0.05) is 19.9 Å². The molecule has 1 aliphatic carbocycles. The number of ether oxygens (including phenoxy) is 1. The van der Waals surface area contributed by atoms with Crippen LogP contribution in [0.3, 0.4) is 0 Å². The molecule has 0 spiro atoms. The summed E-state index contributed by atoms with van der Waals surface area (Å²) in [6.07, 6.45) is 1.46. The van der Waals surface area contributed by atoms with E-state index in [1.54, 1.807) is 27.8 Å². The zero-order valence-electron chi connectivity index (χ0n) is 21.5. The normalized spacial score (nSPS) is 23.7. The van der Waals surface area contributed by atoms with Crippen molar-refractivity contribution in [1.82, 2.24) is 14.5 Å². The Labute approximate surface area is 208 Å². The summed E-state index contributed by atoms with van der Waals surface area (Å²) in [6.45, 7) is 9.92. The van der Waals surface area contributed by atoms with E-state index < -0.39 is 33.6 Å². The number of likely N-dealkylation sites (N-methyl/N-ethyl adjacent to an activating group) is 1. The van der Waals surface area contributed by atoms with E-state index in [4.69, 9.17) is 4.74 Å². The molecule has 1 unspecified atom stereocenters. The molecule has 1 aliphatic heterocycles. The highest BCUT2D eigenvalue weighted by molar-refractivity contribution is 7.89. The molecule has 0 radical (unpaired) electrons. The fourth-order valence-corrected chi connectivity index (χ4v) is 6.57. The third kappa shape index (κ3) is 6.52. The van der Waals surface area contributed by atoms with Gasteiger partial charge in [-0.25, -0.2) is 17.6 Å². The molecular formula is C25H38FN3O5S. The number of sulfonamides is 1. The molecule has 10 heteroatoms. The van der Waals surface area contributed by atoms with Crippen LogP contribution in [0.1, 0.15) is 53.9 Å². The number of nitrogens with one attached hydrogen (secondary N) is 1. The molecule has 8 nitrogen and oxygen atoms in total. The zero-order valence-corrected chi connectivity index (χ0v) is 22.3. The number of carbonyl (C=O) groups is 2. The Morgan fingerprint density at radius 2 is 1.91 bits per heavy atom. The molecule has 35 heavy (non-hydrogen) atoms. The van der Waals surface area contributed by atoms with Crippen LogP contribution in [0, 0.1) is 23.6 Å². The van der Waals surface area contributed by atoms with Crippen molar-refractivity contribution in [3.8, 4) is 0 Å². The van der Waals surface area contributed by atoms with Crippen molar-refractivity contribution in [2.75, 3.05) is 20.1 Å². The van der Waals surface area contributed by atoms with Gasteiger partial charge in [0.05, 0.1) is 4.90 Å². The molecule has 1 N–H and O–H groups in total. The Hall–Kier alpha value is -2.20. The highest BCUT2D eigenvalue weighted by Crippen LogP contribution is 2.40. The van der Waals surface area contributed by atoms with Gasteiger partial charge in [0, 0.05) is 26.2 Å². The summed E-state index contributed by atoms with van der Waals surface area (Å²) < 4.78 is 46.6. The molecule has 2 amide bonds. The Morgan fingerprint density at radius 1 is 1.23 bits per heavy atom. The fraction of sp³-hybridized carbons (Fsp3) is 0.680. The van der Waals surface area contributed by atoms with E-state index in [0.29, 0.717) is 13.0 Å². The minimum atomic E-state index is -3.82. The van der Waals surface area contributed by atoms with E-state index in [1.165, 1.54) is 27.4 Å². The first-order chi connectivity index (χ1) is 16.2. The van der Waals surface area contributed by atoms with Gasteiger partial charge in [-0.3, -0.25) is 9.69 Å². The molecule has 0 aromatic heterocycles. The van der Waals surface area contributed by atoms with Gasteiger partial charge >= 0.3 is 6.09 Å². The molecule has 2 fully saturated rings. The Balaban J connectivity index is 1.70. The minimum absolute atomic E-state index is 0.0335. The standard InChI is InChI=1S/C25H38FN3O5S/c1-16(2)12-22(28(6)24(31)34-25(3,4)5)23(30)27-21-11-10-17-14-29(15-20(17)21)35(32,33)19-9-7-8-18(26)13-19/h7-9,13,16-17,20-22H,10-12,14-15H2,1-6H3,(H,27,30)/t17-,20+,21+,22?/m0/s1. The monoisotopic (exact) mass is 511 g/mol. The number of carbonyl (C=O) groups excluding carboxylic acids is 2. The van der Waals surface area contributed by atoms with Crippen molar-refractivity contribution in [3.63, 3.8) is 0 Å². The lowest BCUT2D eigenvalue weighted by atomic mass is 9.96. The molecule has 2 aliphatic rings. The molecule has 1 aromatic carbocycles. The third-order valence-electron chi connectivity index (χ3n) is 6.73. The number of benzene rings is 1. The number of hydrogen-bond acceptors (Lipinski definition) is 5. The lowest BCUT2D eigenvalue weighted by Crippen LogP contribution is -2.52. The van der Waals surface area contributed by atoms with Crippen molar-refractivity contribution in [1.29, 1.82) is 0 Å². The maximum atomic E-state index is 13.6. The van der Waals surface area contributed by atoms with Crippen LogP contribution in [-0.2, 0) is 19.6 Å².